The maximum absolute atomic E-state index is 12.5. The van der Waals surface area contributed by atoms with E-state index in [4.69, 9.17) is 4.74 Å². The van der Waals surface area contributed by atoms with Crippen molar-refractivity contribution in [1.82, 2.24) is 9.55 Å². The van der Waals surface area contributed by atoms with Crippen LogP contribution in [0.2, 0.25) is 0 Å². The van der Waals surface area contributed by atoms with Gasteiger partial charge in [-0.1, -0.05) is 42.5 Å². The molecule has 0 aliphatic carbocycles. The second-order valence-corrected chi connectivity index (χ2v) is 6.92. The molecule has 0 N–H and O–H groups in total. The molecule has 126 valence electrons. The van der Waals surface area contributed by atoms with Crippen molar-refractivity contribution in [3.8, 4) is 17.0 Å². The van der Waals surface area contributed by atoms with Crippen molar-refractivity contribution in [3.63, 3.8) is 0 Å². The molecule has 1 aliphatic heterocycles. The molecule has 0 amide bonds. The maximum Gasteiger partial charge on any atom is 0.349 e. The number of hydrogen-bond donors (Lipinski definition) is 0. The first-order chi connectivity index (χ1) is 12.3. The van der Waals surface area contributed by atoms with Gasteiger partial charge in [-0.15, -0.1) is 11.8 Å². The summed E-state index contributed by atoms with van der Waals surface area (Å²) in [5, 5.41) is 0.760. The first kappa shape index (κ1) is 16.0. The summed E-state index contributed by atoms with van der Waals surface area (Å²) in [6.07, 6.45) is 0.782. The van der Waals surface area contributed by atoms with Gasteiger partial charge in [0.15, 0.2) is 0 Å². The predicted octanol–water partition coefficient (Wildman–Crippen LogP) is 3.77. The van der Waals surface area contributed by atoms with Gasteiger partial charge in [-0.05, 0) is 24.1 Å². The van der Waals surface area contributed by atoms with Gasteiger partial charge in [0.25, 0.3) is 0 Å². The van der Waals surface area contributed by atoms with Crippen LogP contribution in [0.1, 0.15) is 11.1 Å². The maximum atomic E-state index is 12.5. The van der Waals surface area contributed by atoms with Gasteiger partial charge in [0.05, 0.1) is 12.8 Å². The van der Waals surface area contributed by atoms with E-state index < -0.39 is 0 Å². The number of rotatable bonds is 4. The number of benzene rings is 2. The van der Waals surface area contributed by atoms with Gasteiger partial charge in [0, 0.05) is 23.4 Å². The SMILES string of the molecule is COc1cccc2c1CCn1c-2cc(SCc2ccccc2)nc1=O. The van der Waals surface area contributed by atoms with Crippen molar-refractivity contribution < 1.29 is 4.74 Å². The molecule has 0 saturated heterocycles. The summed E-state index contributed by atoms with van der Waals surface area (Å²) in [4.78, 5) is 16.7. The molecule has 0 unspecified atom stereocenters. The molecule has 0 spiro atoms. The molecule has 0 fully saturated rings. The molecule has 4 rings (SSSR count). The van der Waals surface area contributed by atoms with Crippen molar-refractivity contribution in [1.29, 1.82) is 0 Å². The van der Waals surface area contributed by atoms with Gasteiger partial charge < -0.3 is 4.74 Å². The lowest BCUT2D eigenvalue weighted by Gasteiger charge is -2.23. The quantitative estimate of drug-likeness (QED) is 0.531. The molecule has 4 nitrogen and oxygen atoms in total. The van der Waals surface area contributed by atoms with Crippen LogP contribution in [0.4, 0.5) is 0 Å². The second-order valence-electron chi connectivity index (χ2n) is 5.92. The van der Waals surface area contributed by atoms with Crippen molar-refractivity contribution >= 4 is 11.8 Å². The van der Waals surface area contributed by atoms with Crippen LogP contribution in [0.15, 0.2) is 64.4 Å². The summed E-state index contributed by atoms with van der Waals surface area (Å²) in [6.45, 7) is 0.637. The lowest BCUT2D eigenvalue weighted by atomic mass is 9.97. The number of thioether (sulfide) groups is 1. The summed E-state index contributed by atoms with van der Waals surface area (Å²) in [6, 6.07) is 18.2. The van der Waals surface area contributed by atoms with E-state index >= 15 is 0 Å². The number of fused-ring (bicyclic) bond motifs is 3. The molecule has 5 heteroatoms. The van der Waals surface area contributed by atoms with Crippen LogP contribution in [-0.4, -0.2) is 16.7 Å². The number of methoxy groups -OCH3 is 1. The third-order valence-electron chi connectivity index (χ3n) is 4.43. The van der Waals surface area contributed by atoms with Crippen LogP contribution < -0.4 is 10.4 Å². The molecule has 0 saturated carbocycles. The minimum Gasteiger partial charge on any atom is -0.496 e. The van der Waals surface area contributed by atoms with Crippen molar-refractivity contribution in [2.75, 3.05) is 7.11 Å². The normalized spacial score (nSPS) is 12.4. The fourth-order valence-corrected chi connectivity index (χ4v) is 4.05. The third kappa shape index (κ3) is 3.07. The van der Waals surface area contributed by atoms with Crippen LogP contribution in [0.5, 0.6) is 5.75 Å². The highest BCUT2D eigenvalue weighted by molar-refractivity contribution is 7.98. The fraction of sp³-hybridized carbons (Fsp3) is 0.200. The van der Waals surface area contributed by atoms with E-state index in [1.807, 2.05) is 42.5 Å². The topological polar surface area (TPSA) is 44.1 Å². The molecule has 25 heavy (non-hydrogen) atoms. The van der Waals surface area contributed by atoms with Gasteiger partial charge in [0.1, 0.15) is 10.8 Å². The first-order valence-electron chi connectivity index (χ1n) is 8.21. The number of aromatic nitrogens is 2. The van der Waals surface area contributed by atoms with Crippen LogP contribution >= 0.6 is 11.8 Å². The van der Waals surface area contributed by atoms with E-state index in [0.717, 1.165) is 39.8 Å². The highest BCUT2D eigenvalue weighted by Gasteiger charge is 2.21. The Morgan fingerprint density at radius 1 is 1.16 bits per heavy atom. The van der Waals surface area contributed by atoms with E-state index in [1.54, 1.807) is 23.4 Å². The highest BCUT2D eigenvalue weighted by atomic mass is 32.2. The molecule has 2 aromatic carbocycles. The molecule has 3 aromatic rings. The largest absolute Gasteiger partial charge is 0.496 e. The standard InChI is InChI=1S/C20H18N2O2S/c1-24-18-9-5-8-15-16(18)10-11-22-17(15)12-19(21-20(22)23)25-13-14-6-3-2-4-7-14/h2-9,12H,10-11,13H2,1H3. The minimum absolute atomic E-state index is 0.179. The molecule has 0 radical (unpaired) electrons. The first-order valence-corrected chi connectivity index (χ1v) is 9.19. The molecule has 0 bridgehead atoms. The summed E-state index contributed by atoms with van der Waals surface area (Å²) in [7, 11) is 1.69. The Balaban J connectivity index is 1.71. The Morgan fingerprint density at radius 2 is 2.00 bits per heavy atom. The van der Waals surface area contributed by atoms with Gasteiger partial charge >= 0.3 is 5.69 Å². The van der Waals surface area contributed by atoms with Gasteiger partial charge in [-0.25, -0.2) is 4.79 Å². The van der Waals surface area contributed by atoms with Crippen molar-refractivity contribution in [3.05, 3.63) is 76.2 Å². The van der Waals surface area contributed by atoms with E-state index in [-0.39, 0.29) is 5.69 Å². The van der Waals surface area contributed by atoms with Crippen LogP contribution in [-0.2, 0) is 18.7 Å². The smallest absolute Gasteiger partial charge is 0.349 e. The van der Waals surface area contributed by atoms with Crippen LogP contribution in [0.3, 0.4) is 0 Å². The lowest BCUT2D eigenvalue weighted by Crippen LogP contribution is -2.28. The Morgan fingerprint density at radius 3 is 2.80 bits per heavy atom. The Kier molecular flexibility index (Phi) is 4.32. The van der Waals surface area contributed by atoms with E-state index in [0.29, 0.717) is 6.54 Å². The molecule has 2 heterocycles. The van der Waals surface area contributed by atoms with Gasteiger partial charge in [-0.3, -0.25) is 4.57 Å². The molecule has 0 atom stereocenters. The Labute approximate surface area is 150 Å². The zero-order chi connectivity index (χ0) is 17.2. The van der Waals surface area contributed by atoms with E-state index in [9.17, 15) is 4.79 Å². The Bertz CT molecular complexity index is 967. The van der Waals surface area contributed by atoms with Crippen molar-refractivity contribution in [2.45, 2.75) is 23.7 Å². The van der Waals surface area contributed by atoms with E-state index in [2.05, 4.69) is 17.1 Å². The molecular formula is C20H18N2O2S. The number of ether oxygens (including phenoxy) is 1. The monoisotopic (exact) mass is 350 g/mol. The average molecular weight is 350 g/mol. The number of hydrogen-bond acceptors (Lipinski definition) is 4. The summed E-state index contributed by atoms with van der Waals surface area (Å²) in [5.74, 6) is 1.67. The zero-order valence-corrected chi connectivity index (χ0v) is 14.8. The average Bonchev–Trinajstić information content (AvgIpc) is 2.66. The molecular weight excluding hydrogens is 332 g/mol. The van der Waals surface area contributed by atoms with Crippen molar-refractivity contribution in [2.24, 2.45) is 0 Å². The second kappa shape index (κ2) is 6.76. The third-order valence-corrected chi connectivity index (χ3v) is 5.41. The zero-order valence-electron chi connectivity index (χ0n) is 13.9. The van der Waals surface area contributed by atoms with E-state index in [1.165, 1.54) is 5.56 Å². The highest BCUT2D eigenvalue weighted by Crippen LogP contribution is 2.35. The van der Waals surface area contributed by atoms with Crippen LogP contribution in [0.25, 0.3) is 11.3 Å². The van der Waals surface area contributed by atoms with Gasteiger partial charge in [-0.2, -0.15) is 4.98 Å². The minimum atomic E-state index is -0.179. The predicted molar refractivity (Wildman–Crippen MR) is 100 cm³/mol. The Hall–Kier alpha value is -2.53. The lowest BCUT2D eigenvalue weighted by molar-refractivity contribution is 0.407. The summed E-state index contributed by atoms with van der Waals surface area (Å²) < 4.78 is 7.24. The summed E-state index contributed by atoms with van der Waals surface area (Å²) >= 11 is 1.59. The number of nitrogens with zero attached hydrogens (tertiary/aromatic N) is 2. The van der Waals surface area contributed by atoms with Gasteiger partial charge in [0.2, 0.25) is 0 Å². The van der Waals surface area contributed by atoms with Crippen LogP contribution in [0, 0.1) is 0 Å². The summed E-state index contributed by atoms with van der Waals surface area (Å²) in [5.41, 5.74) is 4.19. The molecule has 1 aromatic heterocycles. The molecule has 1 aliphatic rings. The fourth-order valence-electron chi connectivity index (χ4n) is 3.21.